The predicted octanol–water partition coefficient (Wildman–Crippen LogP) is 3.17. The molecule has 7 heteroatoms. The number of alkyl halides is 3. The monoisotopic (exact) mass is 304 g/mol. The molecule has 1 aromatic rings. The molecule has 0 spiro atoms. The summed E-state index contributed by atoms with van der Waals surface area (Å²) in [6.45, 7) is 1.37. The number of ether oxygens (including phenoxy) is 1. The van der Waals surface area contributed by atoms with Crippen molar-refractivity contribution in [2.24, 2.45) is 0 Å². The van der Waals surface area contributed by atoms with Crippen molar-refractivity contribution in [3.8, 4) is 0 Å². The number of hydrogen-bond donors (Lipinski definition) is 2. The van der Waals surface area contributed by atoms with E-state index in [-0.39, 0.29) is 6.10 Å². The topological polar surface area (TPSA) is 33.3 Å². The van der Waals surface area contributed by atoms with E-state index in [2.05, 4.69) is 10.6 Å². The maximum Gasteiger partial charge on any atom is 0.416 e. The van der Waals surface area contributed by atoms with Crippen LogP contribution >= 0.6 is 12.2 Å². The summed E-state index contributed by atoms with van der Waals surface area (Å²) in [5.41, 5.74) is -0.163. The van der Waals surface area contributed by atoms with Crippen LogP contribution in [0.4, 0.5) is 18.9 Å². The number of rotatable bonds is 3. The third-order valence-corrected chi connectivity index (χ3v) is 3.23. The lowest BCUT2D eigenvalue weighted by Crippen LogP contribution is -2.34. The van der Waals surface area contributed by atoms with Gasteiger partial charge in [-0.15, -0.1) is 0 Å². The molecule has 110 valence electrons. The summed E-state index contributed by atoms with van der Waals surface area (Å²) in [5, 5.41) is 6.21. The Balaban J connectivity index is 1.81. The van der Waals surface area contributed by atoms with E-state index in [0.717, 1.165) is 31.6 Å². The third-order valence-electron chi connectivity index (χ3n) is 2.98. The molecule has 0 saturated carbocycles. The van der Waals surface area contributed by atoms with Crippen molar-refractivity contribution in [1.29, 1.82) is 0 Å². The Morgan fingerprint density at radius 3 is 2.55 bits per heavy atom. The normalized spacial score (nSPS) is 18.9. The number of halogens is 3. The molecule has 1 aliphatic rings. The van der Waals surface area contributed by atoms with Gasteiger partial charge < -0.3 is 15.4 Å². The molecule has 0 radical (unpaired) electrons. The molecular formula is C13H15F3N2OS. The van der Waals surface area contributed by atoms with Gasteiger partial charge >= 0.3 is 6.18 Å². The molecule has 3 nitrogen and oxygen atoms in total. The quantitative estimate of drug-likeness (QED) is 0.840. The van der Waals surface area contributed by atoms with Crippen molar-refractivity contribution in [3.05, 3.63) is 29.8 Å². The summed E-state index contributed by atoms with van der Waals surface area (Å²) in [6.07, 6.45) is -2.12. The fraction of sp³-hybridized carbons (Fsp3) is 0.462. The van der Waals surface area contributed by atoms with Crippen LogP contribution in [0.15, 0.2) is 24.3 Å². The van der Waals surface area contributed by atoms with Gasteiger partial charge in [-0.3, -0.25) is 0 Å². The minimum absolute atomic E-state index is 0.155. The summed E-state index contributed by atoms with van der Waals surface area (Å²) in [7, 11) is 0. The van der Waals surface area contributed by atoms with Gasteiger partial charge in [0, 0.05) is 18.8 Å². The predicted molar refractivity (Wildman–Crippen MR) is 74.6 cm³/mol. The molecule has 2 N–H and O–H groups in total. The average molecular weight is 304 g/mol. The molecule has 0 aliphatic carbocycles. The highest BCUT2D eigenvalue weighted by Crippen LogP contribution is 2.29. The number of hydrogen-bond acceptors (Lipinski definition) is 2. The summed E-state index contributed by atoms with van der Waals surface area (Å²) < 4.78 is 42.6. The lowest BCUT2D eigenvalue weighted by Gasteiger charge is -2.14. The van der Waals surface area contributed by atoms with Crippen molar-refractivity contribution >= 4 is 23.0 Å². The molecule has 0 amide bonds. The molecule has 2 rings (SSSR count). The highest BCUT2D eigenvalue weighted by atomic mass is 32.1. The fourth-order valence-electron chi connectivity index (χ4n) is 1.93. The van der Waals surface area contributed by atoms with Crippen LogP contribution in [0.2, 0.25) is 0 Å². The van der Waals surface area contributed by atoms with Gasteiger partial charge in [0.15, 0.2) is 5.11 Å². The molecule has 0 unspecified atom stereocenters. The first-order chi connectivity index (χ1) is 9.45. The summed E-state index contributed by atoms with van der Waals surface area (Å²) in [6, 6.07) is 4.74. The van der Waals surface area contributed by atoms with Crippen LogP contribution in [0.25, 0.3) is 0 Å². The standard InChI is InChI=1S/C13H15F3N2OS/c14-13(15,16)9-3-5-10(6-4-9)18-12(20)17-8-11-2-1-7-19-11/h3-6,11H,1-2,7-8H2,(H2,17,18,20)/t11-/m1/s1. The molecule has 20 heavy (non-hydrogen) atoms. The van der Waals surface area contributed by atoms with E-state index in [1.165, 1.54) is 12.1 Å². The van der Waals surface area contributed by atoms with Crippen LogP contribution < -0.4 is 10.6 Å². The summed E-state index contributed by atoms with van der Waals surface area (Å²) in [4.78, 5) is 0. The highest BCUT2D eigenvalue weighted by molar-refractivity contribution is 7.80. The van der Waals surface area contributed by atoms with Crippen LogP contribution in [0.1, 0.15) is 18.4 Å². The first kappa shape index (κ1) is 15.1. The van der Waals surface area contributed by atoms with E-state index >= 15 is 0 Å². The van der Waals surface area contributed by atoms with Crippen molar-refractivity contribution < 1.29 is 17.9 Å². The number of anilines is 1. The molecule has 1 aliphatic heterocycles. The second kappa shape index (κ2) is 6.41. The Bertz CT molecular complexity index is 456. The van der Waals surface area contributed by atoms with E-state index in [4.69, 9.17) is 17.0 Å². The second-order valence-electron chi connectivity index (χ2n) is 4.55. The van der Waals surface area contributed by atoms with Crippen molar-refractivity contribution in [2.45, 2.75) is 25.1 Å². The van der Waals surface area contributed by atoms with Crippen LogP contribution in [0.3, 0.4) is 0 Å². The SMILES string of the molecule is FC(F)(F)c1ccc(NC(=S)NC[C@H]2CCCO2)cc1. The van der Waals surface area contributed by atoms with E-state index < -0.39 is 11.7 Å². The Hall–Kier alpha value is -1.34. The van der Waals surface area contributed by atoms with Crippen LogP contribution in [-0.4, -0.2) is 24.4 Å². The van der Waals surface area contributed by atoms with Gasteiger partial charge in [0.05, 0.1) is 11.7 Å². The van der Waals surface area contributed by atoms with Gasteiger partial charge in [0.25, 0.3) is 0 Å². The maximum absolute atomic E-state index is 12.4. The molecule has 1 aromatic carbocycles. The second-order valence-corrected chi connectivity index (χ2v) is 4.95. The molecule has 0 bridgehead atoms. The smallest absolute Gasteiger partial charge is 0.376 e. The Morgan fingerprint density at radius 1 is 1.30 bits per heavy atom. The number of nitrogens with one attached hydrogen (secondary N) is 2. The molecule has 1 saturated heterocycles. The summed E-state index contributed by atoms with van der Waals surface area (Å²) >= 11 is 5.08. The van der Waals surface area contributed by atoms with Crippen LogP contribution in [-0.2, 0) is 10.9 Å². The Kier molecular flexibility index (Phi) is 4.82. The van der Waals surface area contributed by atoms with Gasteiger partial charge in [0.2, 0.25) is 0 Å². The van der Waals surface area contributed by atoms with E-state index in [1.807, 2.05) is 0 Å². The van der Waals surface area contributed by atoms with Crippen molar-refractivity contribution in [3.63, 3.8) is 0 Å². The van der Waals surface area contributed by atoms with Gasteiger partial charge in [-0.25, -0.2) is 0 Å². The van der Waals surface area contributed by atoms with E-state index in [1.54, 1.807) is 0 Å². The lowest BCUT2D eigenvalue weighted by atomic mass is 10.2. The third kappa shape index (κ3) is 4.35. The van der Waals surface area contributed by atoms with Gasteiger partial charge in [-0.05, 0) is 49.3 Å². The van der Waals surface area contributed by atoms with Crippen molar-refractivity contribution in [2.75, 3.05) is 18.5 Å². The first-order valence-corrected chi connectivity index (χ1v) is 6.70. The zero-order valence-electron chi connectivity index (χ0n) is 10.7. The molecule has 1 fully saturated rings. The summed E-state index contributed by atoms with van der Waals surface area (Å²) in [5.74, 6) is 0. The Morgan fingerprint density at radius 2 is 2.00 bits per heavy atom. The van der Waals surface area contributed by atoms with E-state index in [0.29, 0.717) is 17.3 Å². The van der Waals surface area contributed by atoms with Gasteiger partial charge in [-0.1, -0.05) is 0 Å². The Labute approximate surface area is 120 Å². The van der Waals surface area contributed by atoms with E-state index in [9.17, 15) is 13.2 Å². The largest absolute Gasteiger partial charge is 0.416 e. The number of benzene rings is 1. The minimum Gasteiger partial charge on any atom is -0.376 e. The minimum atomic E-state index is -4.32. The molecule has 1 heterocycles. The van der Waals surface area contributed by atoms with Crippen LogP contribution in [0, 0.1) is 0 Å². The average Bonchev–Trinajstić information content (AvgIpc) is 2.89. The highest BCUT2D eigenvalue weighted by Gasteiger charge is 2.29. The molecule has 0 aromatic heterocycles. The lowest BCUT2D eigenvalue weighted by molar-refractivity contribution is -0.137. The van der Waals surface area contributed by atoms with Crippen molar-refractivity contribution in [1.82, 2.24) is 5.32 Å². The zero-order valence-corrected chi connectivity index (χ0v) is 11.5. The van der Waals surface area contributed by atoms with Gasteiger partial charge in [-0.2, -0.15) is 13.2 Å². The molecule has 1 atom stereocenters. The maximum atomic E-state index is 12.4. The molecular weight excluding hydrogens is 289 g/mol. The van der Waals surface area contributed by atoms with Gasteiger partial charge in [0.1, 0.15) is 0 Å². The van der Waals surface area contributed by atoms with Crippen LogP contribution in [0.5, 0.6) is 0 Å². The number of thiocarbonyl (C=S) groups is 1. The first-order valence-electron chi connectivity index (χ1n) is 6.29. The zero-order chi connectivity index (χ0) is 14.6. The fourth-order valence-corrected chi connectivity index (χ4v) is 2.13.